The van der Waals surface area contributed by atoms with Crippen molar-refractivity contribution in [1.29, 1.82) is 0 Å². The second-order valence-electron chi connectivity index (χ2n) is 16.3. The average molecular weight is 790 g/mol. The summed E-state index contributed by atoms with van der Waals surface area (Å²) >= 11 is 0. The first-order valence-electron chi connectivity index (χ1n) is 21.3. The first-order chi connectivity index (χ1) is 30.6. The molecule has 2 nitrogen and oxygen atoms in total. The van der Waals surface area contributed by atoms with Crippen LogP contribution in [0.1, 0.15) is 5.56 Å². The van der Waals surface area contributed by atoms with Crippen molar-refractivity contribution >= 4 is 54.3 Å². The highest BCUT2D eigenvalue weighted by atomic mass is 16.3. The third-order valence-electron chi connectivity index (χ3n) is 12.6. The van der Waals surface area contributed by atoms with E-state index in [0.717, 1.165) is 77.7 Å². The first kappa shape index (κ1) is 35.8. The highest BCUT2D eigenvalue weighted by Crippen LogP contribution is 2.44. The normalized spacial score (nSPS) is 11.6. The average Bonchev–Trinajstić information content (AvgIpc) is 3.73. The van der Waals surface area contributed by atoms with Gasteiger partial charge in [0.15, 0.2) is 0 Å². The minimum absolute atomic E-state index is 0.870. The maximum Gasteiger partial charge on any atom is 0.143 e. The van der Waals surface area contributed by atoms with Crippen LogP contribution in [-0.2, 0) is 0 Å². The third kappa shape index (κ3) is 5.99. The van der Waals surface area contributed by atoms with Gasteiger partial charge >= 0.3 is 0 Å². The molecule has 12 aromatic rings. The van der Waals surface area contributed by atoms with Crippen LogP contribution < -0.4 is 0 Å². The standard InChI is InChI=1S/C60H39NO/c1-38-54(41-15-3-2-4-16-41)37-56(61-59(38)43-31-29-42(30-32-43)49-23-11-20-40-17-7-9-21-48(40)49)47-35-45-19-8-10-22-50(45)55(36-47)52-25-13-27-57-58(52)53-26-12-24-51(60(53)62-57)46-33-28-39-14-5-6-18-44(39)34-46/h2-37H,1H3. The van der Waals surface area contributed by atoms with E-state index in [1.165, 1.54) is 49.2 Å². The topological polar surface area (TPSA) is 26.0 Å². The second-order valence-corrected chi connectivity index (χ2v) is 16.3. The van der Waals surface area contributed by atoms with Crippen LogP contribution in [0.5, 0.6) is 0 Å². The highest BCUT2D eigenvalue weighted by molar-refractivity contribution is 6.18. The zero-order chi connectivity index (χ0) is 41.1. The minimum atomic E-state index is 0.870. The van der Waals surface area contributed by atoms with Crippen molar-refractivity contribution in [2.45, 2.75) is 6.92 Å². The molecule has 0 amide bonds. The van der Waals surface area contributed by atoms with E-state index in [1.807, 2.05) is 0 Å². The second kappa shape index (κ2) is 14.6. The fraction of sp³-hybridized carbons (Fsp3) is 0.0167. The Labute approximate surface area is 360 Å². The van der Waals surface area contributed by atoms with Gasteiger partial charge in [-0.05, 0) is 114 Å². The predicted molar refractivity (Wildman–Crippen MR) is 261 cm³/mol. The molecule has 10 aromatic carbocycles. The maximum absolute atomic E-state index is 6.83. The molecule has 0 N–H and O–H groups in total. The van der Waals surface area contributed by atoms with Crippen LogP contribution in [0.3, 0.4) is 0 Å². The molecule has 0 spiro atoms. The monoisotopic (exact) mass is 789 g/mol. The molecule has 0 aliphatic rings. The minimum Gasteiger partial charge on any atom is -0.455 e. The lowest BCUT2D eigenvalue weighted by molar-refractivity contribution is 0.670. The number of furan rings is 1. The van der Waals surface area contributed by atoms with E-state index < -0.39 is 0 Å². The summed E-state index contributed by atoms with van der Waals surface area (Å²) in [5.74, 6) is 0. The van der Waals surface area contributed by atoms with Crippen molar-refractivity contribution < 1.29 is 4.42 Å². The largest absolute Gasteiger partial charge is 0.455 e. The van der Waals surface area contributed by atoms with Crippen LogP contribution >= 0.6 is 0 Å². The van der Waals surface area contributed by atoms with Crippen molar-refractivity contribution in [3.05, 3.63) is 224 Å². The summed E-state index contributed by atoms with van der Waals surface area (Å²) in [7, 11) is 0. The Morgan fingerprint density at radius 2 is 0.919 bits per heavy atom. The molecule has 0 aliphatic carbocycles. The number of aromatic nitrogens is 1. The van der Waals surface area contributed by atoms with Gasteiger partial charge in [-0.25, -0.2) is 4.98 Å². The van der Waals surface area contributed by atoms with Crippen LogP contribution in [0.2, 0.25) is 0 Å². The Balaban J connectivity index is 1.04. The summed E-state index contributed by atoms with van der Waals surface area (Å²) in [6, 6.07) is 78.5. The SMILES string of the molecule is Cc1c(-c2ccccc2)cc(-c2cc(-c3cccc4oc5c(-c6ccc7ccccc7c6)cccc5c34)c3ccccc3c2)nc1-c1ccc(-c2cccc3ccccc23)cc1. The quantitative estimate of drug-likeness (QED) is 0.168. The molecular weight excluding hydrogens is 751 g/mol. The Hall–Kier alpha value is -8.07. The van der Waals surface area contributed by atoms with Gasteiger partial charge in [-0.15, -0.1) is 0 Å². The summed E-state index contributed by atoms with van der Waals surface area (Å²) in [6.45, 7) is 2.20. The molecule has 0 bridgehead atoms. The predicted octanol–water partition coefficient (Wildman–Crippen LogP) is 16.8. The van der Waals surface area contributed by atoms with E-state index in [-0.39, 0.29) is 0 Å². The van der Waals surface area contributed by atoms with Gasteiger partial charge in [-0.2, -0.15) is 0 Å². The zero-order valence-electron chi connectivity index (χ0n) is 34.1. The number of rotatable bonds is 6. The fourth-order valence-corrected chi connectivity index (χ4v) is 9.58. The number of para-hydroxylation sites is 1. The molecule has 0 unspecified atom stereocenters. The number of benzene rings is 10. The van der Waals surface area contributed by atoms with Crippen LogP contribution in [0.4, 0.5) is 0 Å². The van der Waals surface area contributed by atoms with Crippen molar-refractivity contribution in [2.24, 2.45) is 0 Å². The molecular formula is C60H39NO. The number of nitrogens with zero attached hydrogens (tertiary/aromatic N) is 1. The smallest absolute Gasteiger partial charge is 0.143 e. The molecule has 0 atom stereocenters. The van der Waals surface area contributed by atoms with Crippen LogP contribution in [0.15, 0.2) is 223 Å². The first-order valence-corrected chi connectivity index (χ1v) is 21.3. The van der Waals surface area contributed by atoms with Crippen LogP contribution in [0.25, 0.3) is 121 Å². The Morgan fingerprint density at radius 1 is 0.339 bits per heavy atom. The van der Waals surface area contributed by atoms with Gasteiger partial charge in [0.2, 0.25) is 0 Å². The summed E-state index contributed by atoms with van der Waals surface area (Å²) in [6.07, 6.45) is 0. The van der Waals surface area contributed by atoms with Crippen LogP contribution in [0, 0.1) is 6.92 Å². The van der Waals surface area contributed by atoms with Gasteiger partial charge in [0.05, 0.1) is 11.4 Å². The van der Waals surface area contributed by atoms with E-state index >= 15 is 0 Å². The molecule has 290 valence electrons. The van der Waals surface area contributed by atoms with Crippen molar-refractivity contribution in [2.75, 3.05) is 0 Å². The molecule has 0 saturated heterocycles. The van der Waals surface area contributed by atoms with E-state index in [1.54, 1.807) is 0 Å². The molecule has 62 heavy (non-hydrogen) atoms. The zero-order valence-corrected chi connectivity index (χ0v) is 34.1. The molecule has 0 fully saturated rings. The van der Waals surface area contributed by atoms with Gasteiger partial charge < -0.3 is 4.42 Å². The molecule has 2 aromatic heterocycles. The van der Waals surface area contributed by atoms with E-state index in [2.05, 4.69) is 225 Å². The van der Waals surface area contributed by atoms with E-state index in [4.69, 9.17) is 9.40 Å². The van der Waals surface area contributed by atoms with Crippen molar-refractivity contribution in [3.63, 3.8) is 0 Å². The van der Waals surface area contributed by atoms with Gasteiger partial charge in [-0.1, -0.05) is 188 Å². The van der Waals surface area contributed by atoms with Crippen LogP contribution in [-0.4, -0.2) is 4.98 Å². The van der Waals surface area contributed by atoms with E-state index in [0.29, 0.717) is 0 Å². The Kier molecular flexibility index (Phi) is 8.43. The number of pyridine rings is 1. The third-order valence-corrected chi connectivity index (χ3v) is 12.6. The lowest BCUT2D eigenvalue weighted by Crippen LogP contribution is -1.97. The molecule has 2 heteroatoms. The number of hydrogen-bond acceptors (Lipinski definition) is 2. The Bertz CT molecular complexity index is 3680. The lowest BCUT2D eigenvalue weighted by atomic mass is 9.90. The van der Waals surface area contributed by atoms with E-state index in [9.17, 15) is 0 Å². The number of fused-ring (bicyclic) bond motifs is 6. The summed E-state index contributed by atoms with van der Waals surface area (Å²) < 4.78 is 6.83. The highest BCUT2D eigenvalue weighted by Gasteiger charge is 2.20. The molecule has 0 aliphatic heterocycles. The Morgan fingerprint density at radius 3 is 1.76 bits per heavy atom. The van der Waals surface area contributed by atoms with Crippen molar-refractivity contribution in [1.82, 2.24) is 4.98 Å². The van der Waals surface area contributed by atoms with Gasteiger partial charge in [0.25, 0.3) is 0 Å². The number of hydrogen-bond donors (Lipinski definition) is 0. The molecule has 2 heterocycles. The molecule has 0 saturated carbocycles. The molecule has 0 radical (unpaired) electrons. The molecule has 12 rings (SSSR count). The summed E-state index contributed by atoms with van der Waals surface area (Å²) in [5, 5.41) is 9.48. The van der Waals surface area contributed by atoms with Crippen molar-refractivity contribution in [3.8, 4) is 67.0 Å². The van der Waals surface area contributed by atoms with Gasteiger partial charge in [-0.3, -0.25) is 0 Å². The summed E-state index contributed by atoms with van der Waals surface area (Å²) in [5.41, 5.74) is 16.2. The fourth-order valence-electron chi connectivity index (χ4n) is 9.58. The van der Waals surface area contributed by atoms with Gasteiger partial charge in [0, 0.05) is 27.5 Å². The van der Waals surface area contributed by atoms with Gasteiger partial charge in [0.1, 0.15) is 11.2 Å². The summed E-state index contributed by atoms with van der Waals surface area (Å²) in [4.78, 5) is 5.54. The lowest BCUT2D eigenvalue weighted by Gasteiger charge is -2.17. The maximum atomic E-state index is 6.83.